The molecule has 2 aromatic rings. The van der Waals surface area contributed by atoms with E-state index >= 15 is 0 Å². The number of anilines is 2. The lowest BCUT2D eigenvalue weighted by Gasteiger charge is -2.38. The number of carbonyl (C=O) groups excluding carboxylic acids is 1. The van der Waals surface area contributed by atoms with Gasteiger partial charge < -0.3 is 15.0 Å². The van der Waals surface area contributed by atoms with Gasteiger partial charge in [-0.3, -0.25) is 9.69 Å². The molecule has 1 aliphatic rings. The summed E-state index contributed by atoms with van der Waals surface area (Å²) in [4.78, 5) is 17.1. The first-order chi connectivity index (χ1) is 13.0. The summed E-state index contributed by atoms with van der Waals surface area (Å²) in [6.07, 6.45) is 0. The highest BCUT2D eigenvalue weighted by atomic mass is 35.5. The number of methoxy groups -OCH3 is 1. The van der Waals surface area contributed by atoms with Crippen molar-refractivity contribution in [3.63, 3.8) is 0 Å². The van der Waals surface area contributed by atoms with Crippen molar-refractivity contribution in [1.82, 2.24) is 4.90 Å². The second-order valence-corrected chi connectivity index (χ2v) is 7.36. The summed E-state index contributed by atoms with van der Waals surface area (Å²) in [5.74, 6) is 0.775. The van der Waals surface area contributed by atoms with Crippen LogP contribution in [0.4, 0.5) is 11.4 Å². The number of ether oxygens (including phenoxy) is 1. The molecule has 1 atom stereocenters. The van der Waals surface area contributed by atoms with Gasteiger partial charge in [-0.05, 0) is 37.3 Å². The first kappa shape index (κ1) is 19.8. The number of nitrogens with one attached hydrogen (secondary N) is 1. The summed E-state index contributed by atoms with van der Waals surface area (Å²) >= 11 is 12.0. The van der Waals surface area contributed by atoms with Gasteiger partial charge >= 0.3 is 0 Å². The monoisotopic (exact) mass is 407 g/mol. The Kier molecular flexibility index (Phi) is 6.47. The molecule has 1 amide bonds. The Hall–Kier alpha value is -1.95. The highest BCUT2D eigenvalue weighted by molar-refractivity contribution is 6.36. The van der Waals surface area contributed by atoms with Gasteiger partial charge in [-0.2, -0.15) is 0 Å². The van der Waals surface area contributed by atoms with Gasteiger partial charge in [0.05, 0.1) is 23.9 Å². The zero-order chi connectivity index (χ0) is 19.4. The Bertz CT molecular complexity index is 808. The molecule has 27 heavy (non-hydrogen) atoms. The predicted molar refractivity (Wildman–Crippen MR) is 111 cm³/mol. The van der Waals surface area contributed by atoms with Crippen LogP contribution in [-0.2, 0) is 4.79 Å². The van der Waals surface area contributed by atoms with Crippen LogP contribution < -0.4 is 15.0 Å². The van der Waals surface area contributed by atoms with Crippen LogP contribution in [0.25, 0.3) is 0 Å². The van der Waals surface area contributed by atoms with Gasteiger partial charge in [0, 0.05) is 43.0 Å². The van der Waals surface area contributed by atoms with Gasteiger partial charge in [0.15, 0.2) is 0 Å². The van der Waals surface area contributed by atoms with E-state index in [1.165, 1.54) is 0 Å². The smallest absolute Gasteiger partial charge is 0.241 e. The summed E-state index contributed by atoms with van der Waals surface area (Å²) in [5.41, 5.74) is 1.71. The van der Waals surface area contributed by atoms with Gasteiger partial charge in [0.1, 0.15) is 5.75 Å². The van der Waals surface area contributed by atoms with Crippen LogP contribution in [0, 0.1) is 0 Å². The number of carbonyl (C=O) groups is 1. The molecule has 1 N–H and O–H groups in total. The number of rotatable bonds is 5. The van der Waals surface area contributed by atoms with Crippen molar-refractivity contribution in [1.29, 1.82) is 0 Å². The Balaban J connectivity index is 1.57. The maximum Gasteiger partial charge on any atom is 0.241 e. The summed E-state index contributed by atoms with van der Waals surface area (Å²) in [5, 5.41) is 3.87. The first-order valence-corrected chi connectivity index (χ1v) is 9.62. The van der Waals surface area contributed by atoms with Gasteiger partial charge in [-0.1, -0.05) is 29.3 Å². The minimum absolute atomic E-state index is 0.0750. The van der Waals surface area contributed by atoms with Crippen molar-refractivity contribution in [3.05, 3.63) is 52.5 Å². The summed E-state index contributed by atoms with van der Waals surface area (Å²) in [6, 6.07) is 12.8. The minimum atomic E-state index is -0.246. The second-order valence-electron chi connectivity index (χ2n) is 6.51. The van der Waals surface area contributed by atoms with E-state index in [9.17, 15) is 4.79 Å². The highest BCUT2D eigenvalue weighted by Gasteiger charge is 2.26. The van der Waals surface area contributed by atoms with Gasteiger partial charge in [0.25, 0.3) is 0 Å². The van der Waals surface area contributed by atoms with Crippen LogP contribution in [0.1, 0.15) is 6.92 Å². The number of halogens is 2. The quantitative estimate of drug-likeness (QED) is 0.808. The molecule has 0 bridgehead atoms. The number of benzene rings is 2. The average molecular weight is 408 g/mol. The average Bonchev–Trinajstić information content (AvgIpc) is 2.69. The number of hydrogen-bond acceptors (Lipinski definition) is 4. The van der Waals surface area contributed by atoms with E-state index in [1.807, 2.05) is 25.1 Å². The zero-order valence-electron chi connectivity index (χ0n) is 15.4. The molecule has 1 fully saturated rings. The first-order valence-electron chi connectivity index (χ1n) is 8.87. The van der Waals surface area contributed by atoms with E-state index in [-0.39, 0.29) is 11.9 Å². The van der Waals surface area contributed by atoms with Crippen LogP contribution in [0.2, 0.25) is 10.0 Å². The van der Waals surface area contributed by atoms with Crippen LogP contribution in [-0.4, -0.2) is 50.1 Å². The number of hydrogen-bond donors (Lipinski definition) is 1. The fourth-order valence-corrected chi connectivity index (χ4v) is 3.62. The molecule has 144 valence electrons. The Morgan fingerprint density at radius 1 is 1.11 bits per heavy atom. The second kappa shape index (κ2) is 8.83. The van der Waals surface area contributed by atoms with Gasteiger partial charge in [-0.15, -0.1) is 0 Å². The normalized spacial score (nSPS) is 16.1. The molecule has 5 nitrogen and oxygen atoms in total. The molecule has 1 heterocycles. The summed E-state index contributed by atoms with van der Waals surface area (Å²) < 4.78 is 5.30. The molecule has 0 radical (unpaired) electrons. The topological polar surface area (TPSA) is 44.8 Å². The fourth-order valence-electron chi connectivity index (χ4n) is 3.17. The van der Waals surface area contributed by atoms with Crippen molar-refractivity contribution in [3.8, 4) is 5.75 Å². The van der Waals surface area contributed by atoms with Crippen molar-refractivity contribution in [2.75, 3.05) is 43.5 Å². The Morgan fingerprint density at radius 2 is 1.85 bits per heavy atom. The zero-order valence-corrected chi connectivity index (χ0v) is 16.9. The van der Waals surface area contributed by atoms with Gasteiger partial charge in [-0.25, -0.2) is 0 Å². The third-order valence-electron chi connectivity index (χ3n) is 4.85. The third-order valence-corrected chi connectivity index (χ3v) is 5.40. The molecule has 0 saturated carbocycles. The molecule has 1 saturated heterocycles. The van der Waals surface area contributed by atoms with Crippen molar-refractivity contribution >= 4 is 40.5 Å². The van der Waals surface area contributed by atoms with E-state index in [4.69, 9.17) is 27.9 Å². The molecule has 0 spiro atoms. The van der Waals surface area contributed by atoms with Crippen molar-refractivity contribution in [2.24, 2.45) is 0 Å². The van der Waals surface area contributed by atoms with E-state index in [1.54, 1.807) is 25.3 Å². The molecule has 0 aromatic heterocycles. The highest BCUT2D eigenvalue weighted by Crippen LogP contribution is 2.26. The Labute approximate surface area is 169 Å². The fraction of sp³-hybridized carbons (Fsp3) is 0.350. The van der Waals surface area contributed by atoms with Crippen molar-refractivity contribution < 1.29 is 9.53 Å². The Morgan fingerprint density at radius 3 is 2.52 bits per heavy atom. The van der Waals surface area contributed by atoms with E-state index in [2.05, 4.69) is 21.2 Å². The maximum atomic E-state index is 12.6. The molecule has 1 aliphatic heterocycles. The summed E-state index contributed by atoms with van der Waals surface area (Å²) in [6.45, 7) is 5.24. The number of nitrogens with zero attached hydrogens (tertiary/aromatic N) is 2. The lowest BCUT2D eigenvalue weighted by Crippen LogP contribution is -2.52. The largest absolute Gasteiger partial charge is 0.497 e. The minimum Gasteiger partial charge on any atom is -0.497 e. The van der Waals surface area contributed by atoms with E-state index in [0.29, 0.717) is 15.7 Å². The molecule has 2 aromatic carbocycles. The molecule has 1 unspecified atom stereocenters. The van der Waals surface area contributed by atoms with Crippen LogP contribution in [0.15, 0.2) is 42.5 Å². The lowest BCUT2D eigenvalue weighted by molar-refractivity contribution is -0.120. The predicted octanol–water partition coefficient (Wildman–Crippen LogP) is 4.15. The molecular weight excluding hydrogens is 385 g/mol. The lowest BCUT2D eigenvalue weighted by atomic mass is 10.2. The standard InChI is InChI=1S/C20H23Cl2N3O2/c1-14(20(26)23-19-7-6-15(21)12-18(19)22)24-8-10-25(11-9-24)16-4-3-5-17(13-16)27-2/h3-7,12-14H,8-11H2,1-2H3,(H,23,26). The van der Waals surface area contributed by atoms with Crippen LogP contribution in [0.3, 0.4) is 0 Å². The van der Waals surface area contributed by atoms with Crippen LogP contribution >= 0.6 is 23.2 Å². The molecular formula is C20H23Cl2N3O2. The maximum absolute atomic E-state index is 12.6. The van der Waals surface area contributed by atoms with E-state index in [0.717, 1.165) is 37.6 Å². The third kappa shape index (κ3) is 4.86. The van der Waals surface area contributed by atoms with E-state index < -0.39 is 0 Å². The molecule has 7 heteroatoms. The molecule has 3 rings (SSSR count). The summed E-state index contributed by atoms with van der Waals surface area (Å²) in [7, 11) is 1.67. The SMILES string of the molecule is COc1cccc(N2CCN(C(C)C(=O)Nc3ccc(Cl)cc3Cl)CC2)c1. The van der Waals surface area contributed by atoms with Crippen LogP contribution in [0.5, 0.6) is 5.75 Å². The molecule has 0 aliphatic carbocycles. The van der Waals surface area contributed by atoms with Crippen molar-refractivity contribution in [2.45, 2.75) is 13.0 Å². The van der Waals surface area contributed by atoms with Gasteiger partial charge in [0.2, 0.25) is 5.91 Å². The number of amides is 1. The number of piperazine rings is 1.